The molecule has 3 rings (SSSR count). The summed E-state index contributed by atoms with van der Waals surface area (Å²) in [5.74, 6) is 1.30. The molecule has 0 heterocycles. The van der Waals surface area contributed by atoms with Crippen molar-refractivity contribution in [2.24, 2.45) is 11.8 Å². The molecule has 8 heteroatoms. The largest absolute Gasteiger partial charge is 0.376 e. The Kier molecular flexibility index (Phi) is 4.29. The normalized spacial score (nSPS) is 26.4. The van der Waals surface area contributed by atoms with Gasteiger partial charge in [0.25, 0.3) is 5.69 Å². The van der Waals surface area contributed by atoms with Crippen LogP contribution >= 0.6 is 0 Å². The van der Waals surface area contributed by atoms with Crippen molar-refractivity contribution in [2.75, 3.05) is 11.9 Å². The van der Waals surface area contributed by atoms with E-state index in [-0.39, 0.29) is 23.2 Å². The lowest BCUT2D eigenvalue weighted by atomic mass is 9.95. The van der Waals surface area contributed by atoms with Gasteiger partial charge in [0.1, 0.15) is 5.69 Å². The maximum atomic E-state index is 12.0. The van der Waals surface area contributed by atoms with E-state index in [0.29, 0.717) is 11.6 Å². The van der Waals surface area contributed by atoms with E-state index in [1.54, 1.807) is 6.92 Å². The van der Waals surface area contributed by atoms with Crippen LogP contribution in [0.3, 0.4) is 0 Å². The molecule has 2 N–H and O–H groups in total. The Hall–Kier alpha value is -1.67. The van der Waals surface area contributed by atoms with Crippen molar-refractivity contribution in [1.29, 1.82) is 0 Å². The standard InChI is InChI=1S/C15H21N3O4S/c1-2-16-23(21,22)12-5-6-13(15(9-12)18(19)20)17-14-8-10-3-4-11(14)7-10/h5-6,9-11,14,16-17H,2-4,7-8H2,1H3/t10-,11-,14?/m0/s1. The number of sulfonamides is 1. The molecule has 2 aliphatic rings. The first-order valence-corrected chi connectivity index (χ1v) is 9.43. The second-order valence-electron chi connectivity index (χ2n) is 6.36. The lowest BCUT2D eigenvalue weighted by Crippen LogP contribution is -2.26. The molecule has 2 aliphatic carbocycles. The Labute approximate surface area is 135 Å². The number of hydrogen-bond acceptors (Lipinski definition) is 5. The van der Waals surface area contributed by atoms with Gasteiger partial charge in [-0.05, 0) is 43.2 Å². The quantitative estimate of drug-likeness (QED) is 0.612. The molecule has 1 unspecified atom stereocenters. The maximum Gasteiger partial charge on any atom is 0.293 e. The molecule has 2 fully saturated rings. The van der Waals surface area contributed by atoms with Gasteiger partial charge in [-0.3, -0.25) is 10.1 Å². The van der Waals surface area contributed by atoms with Crippen molar-refractivity contribution >= 4 is 21.4 Å². The molecular weight excluding hydrogens is 318 g/mol. The predicted octanol–water partition coefficient (Wildman–Crippen LogP) is 2.49. The third kappa shape index (κ3) is 3.18. The second kappa shape index (κ2) is 6.09. The number of rotatable bonds is 6. The number of fused-ring (bicyclic) bond motifs is 2. The fourth-order valence-corrected chi connectivity index (χ4v) is 4.91. The zero-order valence-corrected chi connectivity index (χ0v) is 13.8. The van der Waals surface area contributed by atoms with Crippen molar-refractivity contribution in [3.63, 3.8) is 0 Å². The lowest BCUT2D eigenvalue weighted by molar-refractivity contribution is -0.384. The minimum absolute atomic E-state index is 0.0791. The first kappa shape index (κ1) is 16.2. The molecule has 2 saturated carbocycles. The van der Waals surface area contributed by atoms with Crippen LogP contribution in [0.25, 0.3) is 0 Å². The molecule has 0 amide bonds. The van der Waals surface area contributed by atoms with Crippen molar-refractivity contribution < 1.29 is 13.3 Å². The molecule has 126 valence electrons. The van der Waals surface area contributed by atoms with Crippen LogP contribution in [0.15, 0.2) is 23.1 Å². The first-order chi connectivity index (χ1) is 10.9. The fourth-order valence-electron chi connectivity index (χ4n) is 3.85. The molecule has 0 aromatic heterocycles. The van der Waals surface area contributed by atoms with Crippen molar-refractivity contribution in [3.05, 3.63) is 28.3 Å². The van der Waals surface area contributed by atoms with E-state index in [1.165, 1.54) is 31.4 Å². The number of nitrogens with one attached hydrogen (secondary N) is 2. The molecule has 7 nitrogen and oxygen atoms in total. The molecule has 23 heavy (non-hydrogen) atoms. The number of anilines is 1. The minimum Gasteiger partial charge on any atom is -0.376 e. The molecule has 1 aromatic carbocycles. The van der Waals surface area contributed by atoms with E-state index in [4.69, 9.17) is 0 Å². The van der Waals surface area contributed by atoms with Gasteiger partial charge < -0.3 is 5.32 Å². The summed E-state index contributed by atoms with van der Waals surface area (Å²) in [6.45, 7) is 1.90. The summed E-state index contributed by atoms with van der Waals surface area (Å²) in [7, 11) is -3.70. The fraction of sp³-hybridized carbons (Fsp3) is 0.600. The van der Waals surface area contributed by atoms with E-state index >= 15 is 0 Å². The number of benzene rings is 1. The van der Waals surface area contributed by atoms with Crippen molar-refractivity contribution in [3.8, 4) is 0 Å². The van der Waals surface area contributed by atoms with E-state index in [0.717, 1.165) is 18.4 Å². The highest BCUT2D eigenvalue weighted by atomic mass is 32.2. The Morgan fingerprint density at radius 2 is 2.09 bits per heavy atom. The maximum absolute atomic E-state index is 12.0. The molecule has 0 aliphatic heterocycles. The zero-order chi connectivity index (χ0) is 16.6. The molecule has 3 atom stereocenters. The van der Waals surface area contributed by atoms with Gasteiger partial charge >= 0.3 is 0 Å². The highest BCUT2D eigenvalue weighted by Crippen LogP contribution is 2.46. The Bertz CT molecular complexity index is 719. The van der Waals surface area contributed by atoms with Gasteiger partial charge in [0.05, 0.1) is 9.82 Å². The lowest BCUT2D eigenvalue weighted by Gasteiger charge is -2.24. The van der Waals surface area contributed by atoms with E-state index in [9.17, 15) is 18.5 Å². The summed E-state index contributed by atoms with van der Waals surface area (Å²) in [5.41, 5.74) is 0.217. The molecule has 0 radical (unpaired) electrons. The second-order valence-corrected chi connectivity index (χ2v) is 8.13. The summed E-state index contributed by atoms with van der Waals surface area (Å²) in [6, 6.07) is 4.31. The highest BCUT2D eigenvalue weighted by Gasteiger charge is 2.40. The van der Waals surface area contributed by atoms with Crippen LogP contribution in [0.5, 0.6) is 0 Å². The van der Waals surface area contributed by atoms with Gasteiger partial charge in [-0.1, -0.05) is 13.3 Å². The first-order valence-electron chi connectivity index (χ1n) is 7.95. The van der Waals surface area contributed by atoms with Gasteiger partial charge in [-0.15, -0.1) is 0 Å². The van der Waals surface area contributed by atoms with Gasteiger partial charge in [-0.25, -0.2) is 13.1 Å². The van der Waals surface area contributed by atoms with Crippen molar-refractivity contribution in [1.82, 2.24) is 4.72 Å². The number of nitro benzene ring substituents is 1. The van der Waals surface area contributed by atoms with E-state index in [1.807, 2.05) is 0 Å². The average Bonchev–Trinajstić information content (AvgIpc) is 3.09. The SMILES string of the molecule is CCNS(=O)(=O)c1ccc(NC2C[C@H]3CC[C@H]2C3)c([N+](=O)[O-])c1. The Morgan fingerprint density at radius 1 is 1.30 bits per heavy atom. The van der Waals surface area contributed by atoms with Crippen LogP contribution in [0.2, 0.25) is 0 Å². The smallest absolute Gasteiger partial charge is 0.293 e. The monoisotopic (exact) mass is 339 g/mol. The molecule has 0 saturated heterocycles. The number of hydrogen-bond donors (Lipinski definition) is 2. The van der Waals surface area contributed by atoms with Crippen LogP contribution < -0.4 is 10.0 Å². The number of nitrogens with zero attached hydrogens (tertiary/aromatic N) is 1. The topological polar surface area (TPSA) is 101 Å². The van der Waals surface area contributed by atoms with Gasteiger partial charge in [0.15, 0.2) is 0 Å². The Balaban J connectivity index is 1.87. The van der Waals surface area contributed by atoms with Crippen LogP contribution in [0.4, 0.5) is 11.4 Å². The van der Waals surface area contributed by atoms with Gasteiger partial charge in [0, 0.05) is 18.7 Å². The summed E-state index contributed by atoms with van der Waals surface area (Å²) >= 11 is 0. The third-order valence-corrected chi connectivity index (χ3v) is 6.43. The molecule has 1 aromatic rings. The molecule has 2 bridgehead atoms. The van der Waals surface area contributed by atoms with Gasteiger partial charge in [0.2, 0.25) is 10.0 Å². The summed E-state index contributed by atoms with van der Waals surface area (Å²) < 4.78 is 26.4. The third-order valence-electron chi connectivity index (χ3n) is 4.89. The Morgan fingerprint density at radius 3 is 2.65 bits per heavy atom. The summed E-state index contributed by atoms with van der Waals surface area (Å²) in [6.07, 6.45) is 4.66. The molecular formula is C15H21N3O4S. The summed E-state index contributed by atoms with van der Waals surface area (Å²) in [5, 5.41) is 14.6. The predicted molar refractivity (Wildman–Crippen MR) is 86.8 cm³/mol. The zero-order valence-electron chi connectivity index (χ0n) is 13.0. The van der Waals surface area contributed by atoms with E-state index in [2.05, 4.69) is 10.0 Å². The van der Waals surface area contributed by atoms with Crippen LogP contribution in [-0.4, -0.2) is 25.9 Å². The van der Waals surface area contributed by atoms with Crippen LogP contribution in [0, 0.1) is 22.0 Å². The van der Waals surface area contributed by atoms with Crippen LogP contribution in [-0.2, 0) is 10.0 Å². The average molecular weight is 339 g/mol. The minimum atomic E-state index is -3.70. The van der Waals surface area contributed by atoms with Crippen LogP contribution in [0.1, 0.15) is 32.6 Å². The molecule has 0 spiro atoms. The van der Waals surface area contributed by atoms with Gasteiger partial charge in [-0.2, -0.15) is 0 Å². The van der Waals surface area contributed by atoms with Crippen molar-refractivity contribution in [2.45, 2.75) is 43.5 Å². The van der Waals surface area contributed by atoms with E-state index < -0.39 is 14.9 Å². The highest BCUT2D eigenvalue weighted by molar-refractivity contribution is 7.89. The number of nitro groups is 1. The summed E-state index contributed by atoms with van der Waals surface area (Å²) in [4.78, 5) is 10.7.